The summed E-state index contributed by atoms with van der Waals surface area (Å²) in [7, 11) is 0. The molecule has 2 aromatic rings. The van der Waals surface area contributed by atoms with Gasteiger partial charge >= 0.3 is 0 Å². The van der Waals surface area contributed by atoms with Crippen molar-refractivity contribution in [1.29, 1.82) is 0 Å². The minimum absolute atomic E-state index is 0.0427. The largest absolute Gasteiger partial charge is 0.494 e. The van der Waals surface area contributed by atoms with Gasteiger partial charge in [0.25, 0.3) is 17.5 Å². The summed E-state index contributed by atoms with van der Waals surface area (Å²) in [4.78, 5) is 36.1. The number of β-amino-alcohol motifs (C(OH)–C–C–N with tert-alkyl or cyclic N) is 1. The Balaban J connectivity index is 1.63. The minimum atomic E-state index is -1.16. The third-order valence-electron chi connectivity index (χ3n) is 4.14. The highest BCUT2D eigenvalue weighted by molar-refractivity contribution is 6.23. The number of hydrogen-bond acceptors (Lipinski definition) is 7. The number of imide groups is 1. The smallest absolute Gasteiger partial charge is 0.282 e. The molecule has 0 radical (unpaired) electrons. The summed E-state index contributed by atoms with van der Waals surface area (Å²) in [5, 5.41) is 21.3. The standard InChI is InChI=1S/C19H18N2O7/c1-2-27-13-6-8-14(9-7-13)28-11-12(22)10-20-18(23)15-4-3-5-16(21(25)26)17(15)19(20)24/h3-9,12,22H,2,10-11H2,1H3/t12-/m0/s1. The van der Waals surface area contributed by atoms with Crippen LogP contribution in [0.25, 0.3) is 0 Å². The first kappa shape index (κ1) is 19.3. The summed E-state index contributed by atoms with van der Waals surface area (Å²) in [5.41, 5.74) is -0.727. The Labute approximate surface area is 160 Å². The molecule has 28 heavy (non-hydrogen) atoms. The number of nitro groups is 1. The molecule has 0 aliphatic carbocycles. The summed E-state index contributed by atoms with van der Waals surface area (Å²) < 4.78 is 10.8. The van der Waals surface area contributed by atoms with E-state index in [9.17, 15) is 24.8 Å². The van der Waals surface area contributed by atoms with Crippen molar-refractivity contribution in [2.75, 3.05) is 19.8 Å². The maximum absolute atomic E-state index is 12.5. The van der Waals surface area contributed by atoms with Crippen LogP contribution < -0.4 is 9.47 Å². The third kappa shape index (κ3) is 3.79. The summed E-state index contributed by atoms with van der Waals surface area (Å²) >= 11 is 0. The van der Waals surface area contributed by atoms with E-state index in [4.69, 9.17) is 9.47 Å². The monoisotopic (exact) mass is 386 g/mol. The third-order valence-corrected chi connectivity index (χ3v) is 4.14. The van der Waals surface area contributed by atoms with Crippen molar-refractivity contribution in [1.82, 2.24) is 4.90 Å². The molecule has 9 heteroatoms. The first-order valence-corrected chi connectivity index (χ1v) is 8.59. The van der Waals surface area contributed by atoms with Gasteiger partial charge in [0.15, 0.2) is 0 Å². The number of aliphatic hydroxyl groups excluding tert-OH is 1. The Hall–Kier alpha value is -3.46. The van der Waals surface area contributed by atoms with Crippen LogP contribution in [0.2, 0.25) is 0 Å². The van der Waals surface area contributed by atoms with Gasteiger partial charge < -0.3 is 14.6 Å². The number of rotatable bonds is 8. The van der Waals surface area contributed by atoms with Gasteiger partial charge in [-0.2, -0.15) is 0 Å². The molecular weight excluding hydrogens is 368 g/mol. The number of aliphatic hydroxyl groups is 1. The lowest BCUT2D eigenvalue weighted by atomic mass is 10.1. The van der Waals surface area contributed by atoms with Gasteiger partial charge in [0, 0.05) is 6.07 Å². The Morgan fingerprint density at radius 1 is 1.07 bits per heavy atom. The molecule has 1 atom stereocenters. The molecule has 1 aliphatic rings. The summed E-state index contributed by atoms with van der Waals surface area (Å²) in [6.07, 6.45) is -1.16. The molecule has 1 heterocycles. The van der Waals surface area contributed by atoms with E-state index in [2.05, 4.69) is 0 Å². The molecule has 146 valence electrons. The van der Waals surface area contributed by atoms with Crippen molar-refractivity contribution in [3.8, 4) is 11.5 Å². The number of hydrogen-bond donors (Lipinski definition) is 1. The van der Waals surface area contributed by atoms with Crippen molar-refractivity contribution in [3.05, 3.63) is 63.7 Å². The first-order chi connectivity index (χ1) is 13.4. The second-order valence-electron chi connectivity index (χ2n) is 6.05. The van der Waals surface area contributed by atoms with Gasteiger partial charge in [-0.3, -0.25) is 24.6 Å². The minimum Gasteiger partial charge on any atom is -0.494 e. The number of ether oxygens (including phenoxy) is 2. The maximum Gasteiger partial charge on any atom is 0.282 e. The number of carbonyl (C=O) groups is 2. The fourth-order valence-corrected chi connectivity index (χ4v) is 2.89. The van der Waals surface area contributed by atoms with Crippen molar-refractivity contribution >= 4 is 17.5 Å². The topological polar surface area (TPSA) is 119 Å². The fraction of sp³-hybridized carbons (Fsp3) is 0.263. The van der Waals surface area contributed by atoms with Crippen LogP contribution in [-0.2, 0) is 0 Å². The summed E-state index contributed by atoms with van der Waals surface area (Å²) in [6.45, 7) is 1.91. The molecule has 9 nitrogen and oxygen atoms in total. The average molecular weight is 386 g/mol. The normalized spacial score (nSPS) is 14.0. The zero-order valence-corrected chi connectivity index (χ0v) is 15.0. The SMILES string of the molecule is CCOc1ccc(OC[C@@H](O)CN2C(=O)c3cccc([N+](=O)[O-])c3C2=O)cc1. The number of benzene rings is 2. The molecule has 0 aromatic heterocycles. The van der Waals surface area contributed by atoms with Gasteiger partial charge in [0.05, 0.1) is 23.6 Å². The van der Waals surface area contributed by atoms with Crippen LogP contribution in [0.1, 0.15) is 27.6 Å². The molecule has 2 aromatic carbocycles. The number of fused-ring (bicyclic) bond motifs is 1. The van der Waals surface area contributed by atoms with Crippen LogP contribution in [0.4, 0.5) is 5.69 Å². The van der Waals surface area contributed by atoms with Gasteiger partial charge in [-0.25, -0.2) is 0 Å². The van der Waals surface area contributed by atoms with Crippen molar-refractivity contribution < 1.29 is 29.1 Å². The zero-order valence-electron chi connectivity index (χ0n) is 15.0. The number of carbonyl (C=O) groups excluding carboxylic acids is 2. The Morgan fingerprint density at radius 3 is 2.32 bits per heavy atom. The lowest BCUT2D eigenvalue weighted by Crippen LogP contribution is -2.39. The molecule has 0 bridgehead atoms. The van der Waals surface area contributed by atoms with Crippen molar-refractivity contribution in [3.63, 3.8) is 0 Å². The lowest BCUT2D eigenvalue weighted by Gasteiger charge is -2.18. The van der Waals surface area contributed by atoms with Gasteiger partial charge in [0.2, 0.25) is 0 Å². The molecule has 0 unspecified atom stereocenters. The fourth-order valence-electron chi connectivity index (χ4n) is 2.89. The van der Waals surface area contributed by atoms with E-state index in [0.717, 1.165) is 4.90 Å². The van der Waals surface area contributed by atoms with Crippen LogP contribution >= 0.6 is 0 Å². The van der Waals surface area contributed by atoms with E-state index in [-0.39, 0.29) is 24.3 Å². The Morgan fingerprint density at radius 2 is 1.71 bits per heavy atom. The lowest BCUT2D eigenvalue weighted by molar-refractivity contribution is -0.385. The molecule has 1 aliphatic heterocycles. The molecule has 0 saturated carbocycles. The molecule has 0 spiro atoms. The van der Waals surface area contributed by atoms with E-state index in [0.29, 0.717) is 18.1 Å². The van der Waals surface area contributed by atoms with Gasteiger partial charge in [0.1, 0.15) is 29.8 Å². The van der Waals surface area contributed by atoms with E-state index in [1.165, 1.54) is 18.2 Å². The number of nitro benzene ring substituents is 1. The van der Waals surface area contributed by atoms with Crippen molar-refractivity contribution in [2.24, 2.45) is 0 Å². The average Bonchev–Trinajstić information content (AvgIpc) is 2.92. The summed E-state index contributed by atoms with van der Waals surface area (Å²) in [5.74, 6) is -0.306. The molecule has 0 saturated heterocycles. The quantitative estimate of drug-likeness (QED) is 0.419. The van der Waals surface area contributed by atoms with E-state index in [1.54, 1.807) is 24.3 Å². The van der Waals surface area contributed by atoms with Gasteiger partial charge in [-0.05, 0) is 37.3 Å². The highest BCUT2D eigenvalue weighted by atomic mass is 16.6. The summed E-state index contributed by atoms with van der Waals surface area (Å²) in [6, 6.07) is 10.6. The van der Waals surface area contributed by atoms with Crippen LogP contribution in [0, 0.1) is 10.1 Å². The second kappa shape index (κ2) is 8.05. The number of nitrogens with zero attached hydrogens (tertiary/aromatic N) is 2. The van der Waals surface area contributed by atoms with E-state index < -0.39 is 28.5 Å². The highest BCUT2D eigenvalue weighted by Gasteiger charge is 2.41. The molecule has 2 amide bonds. The molecular formula is C19H18N2O7. The van der Waals surface area contributed by atoms with E-state index >= 15 is 0 Å². The molecule has 1 N–H and O–H groups in total. The van der Waals surface area contributed by atoms with Gasteiger partial charge in [-0.15, -0.1) is 0 Å². The predicted octanol–water partition coefficient (Wildman–Crippen LogP) is 2.03. The van der Waals surface area contributed by atoms with Crippen LogP contribution in [-0.4, -0.2) is 52.6 Å². The van der Waals surface area contributed by atoms with E-state index in [1.807, 2.05) is 6.92 Å². The Bertz CT molecular complexity index is 911. The second-order valence-corrected chi connectivity index (χ2v) is 6.05. The highest BCUT2D eigenvalue weighted by Crippen LogP contribution is 2.30. The molecule has 0 fully saturated rings. The Kier molecular flexibility index (Phi) is 5.55. The van der Waals surface area contributed by atoms with Crippen LogP contribution in [0.15, 0.2) is 42.5 Å². The van der Waals surface area contributed by atoms with Gasteiger partial charge in [-0.1, -0.05) is 6.07 Å². The molecule has 3 rings (SSSR count). The first-order valence-electron chi connectivity index (χ1n) is 8.59. The van der Waals surface area contributed by atoms with Crippen LogP contribution in [0.3, 0.4) is 0 Å². The number of amides is 2. The predicted molar refractivity (Wildman–Crippen MR) is 97.6 cm³/mol. The maximum atomic E-state index is 12.5. The van der Waals surface area contributed by atoms with Crippen molar-refractivity contribution in [2.45, 2.75) is 13.0 Å². The zero-order chi connectivity index (χ0) is 20.3. The van der Waals surface area contributed by atoms with Crippen LogP contribution in [0.5, 0.6) is 11.5 Å².